The number of amides is 1. The average Bonchev–Trinajstić information content (AvgIpc) is 3.25. The van der Waals surface area contributed by atoms with Gasteiger partial charge in [-0.1, -0.05) is 5.16 Å². The van der Waals surface area contributed by atoms with Crippen molar-refractivity contribution in [1.29, 1.82) is 0 Å². The van der Waals surface area contributed by atoms with Gasteiger partial charge in [-0.15, -0.1) is 11.3 Å². The highest BCUT2D eigenvalue weighted by atomic mass is 32.1. The van der Waals surface area contributed by atoms with Gasteiger partial charge in [0, 0.05) is 30.7 Å². The van der Waals surface area contributed by atoms with Gasteiger partial charge in [-0.05, 0) is 25.7 Å². The Hall–Kier alpha value is -1.73. The molecule has 0 aliphatic carbocycles. The molecule has 4 rings (SSSR count). The van der Waals surface area contributed by atoms with Crippen LogP contribution in [-0.2, 0) is 4.74 Å². The lowest BCUT2D eigenvalue weighted by Crippen LogP contribution is -2.45. The van der Waals surface area contributed by atoms with Crippen LogP contribution in [0.3, 0.4) is 0 Å². The van der Waals surface area contributed by atoms with E-state index in [4.69, 9.17) is 9.26 Å². The first kappa shape index (κ1) is 13.9. The number of likely N-dealkylation sites (tertiary alicyclic amines) is 1. The molecular formula is C15H17N3O3S. The molecule has 6 nitrogen and oxygen atoms in total. The third-order valence-corrected chi connectivity index (χ3v) is 5.28. The highest BCUT2D eigenvalue weighted by Gasteiger charge is 2.41. The van der Waals surface area contributed by atoms with Gasteiger partial charge in [0.1, 0.15) is 16.9 Å². The summed E-state index contributed by atoms with van der Waals surface area (Å²) in [4.78, 5) is 18.6. The van der Waals surface area contributed by atoms with Crippen LogP contribution in [0.1, 0.15) is 40.2 Å². The first-order chi connectivity index (χ1) is 10.7. The molecule has 2 aliphatic rings. The number of thiazole rings is 1. The predicted octanol–water partition coefficient (Wildman–Crippen LogP) is 2.43. The van der Waals surface area contributed by atoms with Gasteiger partial charge in [-0.25, -0.2) is 4.98 Å². The topological polar surface area (TPSA) is 68.5 Å². The SMILES string of the molecule is Cc1cc(C(=O)N2CC[C@H]3C[C@H](c4nccs4)O[C@@H]3C2)no1. The van der Waals surface area contributed by atoms with Crippen LogP contribution in [0.15, 0.2) is 22.2 Å². The number of ether oxygens (including phenoxy) is 1. The number of fused-ring (bicyclic) bond motifs is 1. The van der Waals surface area contributed by atoms with E-state index < -0.39 is 0 Å². The second kappa shape index (κ2) is 5.48. The third-order valence-electron chi connectivity index (χ3n) is 4.41. The number of aromatic nitrogens is 2. The number of aryl methyl sites for hydroxylation is 1. The number of piperidine rings is 1. The van der Waals surface area contributed by atoms with Gasteiger partial charge in [0.05, 0.1) is 6.10 Å². The van der Waals surface area contributed by atoms with Crippen LogP contribution in [0.4, 0.5) is 0 Å². The Kier molecular flexibility index (Phi) is 3.46. The summed E-state index contributed by atoms with van der Waals surface area (Å²) in [7, 11) is 0. The summed E-state index contributed by atoms with van der Waals surface area (Å²) in [5.74, 6) is 1.09. The fourth-order valence-electron chi connectivity index (χ4n) is 3.30. The fraction of sp³-hybridized carbons (Fsp3) is 0.533. The van der Waals surface area contributed by atoms with Crippen LogP contribution in [0.5, 0.6) is 0 Å². The molecule has 3 atom stereocenters. The van der Waals surface area contributed by atoms with Crippen molar-refractivity contribution in [3.63, 3.8) is 0 Å². The van der Waals surface area contributed by atoms with E-state index in [1.165, 1.54) is 0 Å². The van der Waals surface area contributed by atoms with Gasteiger partial charge < -0.3 is 14.2 Å². The maximum Gasteiger partial charge on any atom is 0.276 e. The second-order valence-corrected chi connectivity index (χ2v) is 6.82. The number of carbonyl (C=O) groups excluding carboxylic acids is 1. The quantitative estimate of drug-likeness (QED) is 0.850. The third kappa shape index (κ3) is 2.44. The monoisotopic (exact) mass is 319 g/mol. The van der Waals surface area contributed by atoms with Crippen molar-refractivity contribution in [2.45, 2.75) is 32.0 Å². The molecule has 2 saturated heterocycles. The maximum atomic E-state index is 12.4. The minimum atomic E-state index is -0.0726. The van der Waals surface area contributed by atoms with E-state index in [2.05, 4.69) is 10.1 Å². The highest BCUT2D eigenvalue weighted by Crippen LogP contribution is 2.41. The number of nitrogens with zero attached hydrogens (tertiary/aromatic N) is 3. The van der Waals surface area contributed by atoms with Gasteiger partial charge in [0.2, 0.25) is 0 Å². The molecule has 7 heteroatoms. The van der Waals surface area contributed by atoms with Crippen LogP contribution in [0.25, 0.3) is 0 Å². The smallest absolute Gasteiger partial charge is 0.276 e. The Labute approximate surface area is 132 Å². The molecule has 2 aliphatic heterocycles. The van der Waals surface area contributed by atoms with E-state index in [9.17, 15) is 4.79 Å². The second-order valence-electron chi connectivity index (χ2n) is 5.89. The minimum Gasteiger partial charge on any atom is -0.366 e. The van der Waals surface area contributed by atoms with Crippen molar-refractivity contribution in [2.24, 2.45) is 5.92 Å². The van der Waals surface area contributed by atoms with Crippen molar-refractivity contribution in [1.82, 2.24) is 15.0 Å². The predicted molar refractivity (Wildman–Crippen MR) is 79.6 cm³/mol. The van der Waals surface area contributed by atoms with E-state index >= 15 is 0 Å². The number of hydrogen-bond donors (Lipinski definition) is 0. The summed E-state index contributed by atoms with van der Waals surface area (Å²) in [5, 5.41) is 6.83. The lowest BCUT2D eigenvalue weighted by Gasteiger charge is -2.33. The standard InChI is InChI=1S/C15H17N3O3S/c1-9-6-11(17-21-9)15(19)18-4-2-10-7-12(20-13(10)8-18)14-16-3-5-22-14/h3,5-6,10,12-13H,2,4,7-8H2,1H3/t10-,12+,13+/m0/s1. The molecule has 1 amide bonds. The Bertz CT molecular complexity index is 669. The lowest BCUT2D eigenvalue weighted by molar-refractivity contribution is -0.00474. The van der Waals surface area contributed by atoms with Crippen molar-refractivity contribution in [3.05, 3.63) is 34.1 Å². The van der Waals surface area contributed by atoms with Crippen molar-refractivity contribution in [2.75, 3.05) is 13.1 Å². The fourth-order valence-corrected chi connectivity index (χ4v) is 3.98. The molecule has 0 bridgehead atoms. The molecule has 0 spiro atoms. The molecule has 116 valence electrons. The zero-order valence-corrected chi connectivity index (χ0v) is 13.1. The molecule has 2 aromatic heterocycles. The van der Waals surface area contributed by atoms with Crippen LogP contribution in [-0.4, -0.2) is 40.1 Å². The van der Waals surface area contributed by atoms with Crippen LogP contribution >= 0.6 is 11.3 Å². The molecule has 0 radical (unpaired) electrons. The molecule has 22 heavy (non-hydrogen) atoms. The summed E-state index contributed by atoms with van der Waals surface area (Å²) in [6.07, 6.45) is 3.96. The summed E-state index contributed by atoms with van der Waals surface area (Å²) < 4.78 is 11.1. The number of carbonyl (C=O) groups is 1. The molecule has 0 N–H and O–H groups in total. The van der Waals surface area contributed by atoms with E-state index in [1.807, 2.05) is 16.5 Å². The molecule has 2 fully saturated rings. The maximum absolute atomic E-state index is 12.4. The molecular weight excluding hydrogens is 302 g/mol. The van der Waals surface area contributed by atoms with E-state index in [-0.39, 0.29) is 18.1 Å². The minimum absolute atomic E-state index is 0.0726. The molecule has 0 aromatic carbocycles. The molecule has 0 unspecified atom stereocenters. The van der Waals surface area contributed by atoms with Crippen molar-refractivity contribution in [3.8, 4) is 0 Å². The van der Waals surface area contributed by atoms with E-state index in [1.54, 1.807) is 24.3 Å². The first-order valence-electron chi connectivity index (χ1n) is 7.48. The zero-order chi connectivity index (χ0) is 15.1. The van der Waals surface area contributed by atoms with Gasteiger partial charge in [0.25, 0.3) is 5.91 Å². The van der Waals surface area contributed by atoms with Crippen LogP contribution in [0, 0.1) is 12.8 Å². The van der Waals surface area contributed by atoms with E-state index in [0.29, 0.717) is 23.9 Å². The van der Waals surface area contributed by atoms with E-state index in [0.717, 1.165) is 24.4 Å². The van der Waals surface area contributed by atoms with Crippen LogP contribution < -0.4 is 0 Å². The van der Waals surface area contributed by atoms with Gasteiger partial charge in [-0.2, -0.15) is 0 Å². The normalized spacial score (nSPS) is 27.9. The summed E-state index contributed by atoms with van der Waals surface area (Å²) >= 11 is 1.63. The van der Waals surface area contributed by atoms with Crippen LogP contribution in [0.2, 0.25) is 0 Å². The Morgan fingerprint density at radius 3 is 3.14 bits per heavy atom. The number of rotatable bonds is 2. The zero-order valence-electron chi connectivity index (χ0n) is 12.3. The Morgan fingerprint density at radius 2 is 2.41 bits per heavy atom. The average molecular weight is 319 g/mol. The Morgan fingerprint density at radius 1 is 1.50 bits per heavy atom. The Balaban J connectivity index is 1.44. The molecule has 2 aromatic rings. The molecule has 0 saturated carbocycles. The van der Waals surface area contributed by atoms with Gasteiger partial charge in [0.15, 0.2) is 5.69 Å². The lowest BCUT2D eigenvalue weighted by atomic mass is 9.91. The molecule has 4 heterocycles. The van der Waals surface area contributed by atoms with Gasteiger partial charge in [-0.3, -0.25) is 4.79 Å². The largest absolute Gasteiger partial charge is 0.366 e. The first-order valence-corrected chi connectivity index (χ1v) is 8.36. The van der Waals surface area contributed by atoms with Crippen molar-refractivity contribution >= 4 is 17.2 Å². The summed E-state index contributed by atoms with van der Waals surface area (Å²) in [6.45, 7) is 3.16. The van der Waals surface area contributed by atoms with Crippen molar-refractivity contribution < 1.29 is 14.1 Å². The number of hydrogen-bond acceptors (Lipinski definition) is 6. The van der Waals surface area contributed by atoms with Gasteiger partial charge >= 0.3 is 0 Å². The summed E-state index contributed by atoms with van der Waals surface area (Å²) in [5.41, 5.74) is 0.380. The summed E-state index contributed by atoms with van der Waals surface area (Å²) in [6, 6.07) is 1.68. The highest BCUT2D eigenvalue weighted by molar-refractivity contribution is 7.09.